The van der Waals surface area contributed by atoms with Crippen molar-refractivity contribution in [1.82, 2.24) is 0 Å². The van der Waals surface area contributed by atoms with Crippen LogP contribution < -0.4 is 0 Å². The fourth-order valence-electron chi connectivity index (χ4n) is 4.97. The molecule has 0 heterocycles. The van der Waals surface area contributed by atoms with Crippen LogP contribution in [0.2, 0.25) is 15.8 Å². The summed E-state index contributed by atoms with van der Waals surface area (Å²) < 4.78 is 6.78. The third-order valence-corrected chi connectivity index (χ3v) is 11.9. The molecular formula is C24H52Al2O. The summed E-state index contributed by atoms with van der Waals surface area (Å²) in [7, 11) is 0. The molecule has 0 fully saturated rings. The van der Waals surface area contributed by atoms with E-state index in [0.717, 1.165) is 17.8 Å². The third-order valence-electron chi connectivity index (χ3n) is 5.18. The van der Waals surface area contributed by atoms with Gasteiger partial charge >= 0.3 is 30.0 Å². The van der Waals surface area contributed by atoms with Gasteiger partial charge in [0.2, 0.25) is 0 Å². The average Bonchev–Trinajstić information content (AvgIpc) is 2.30. The first kappa shape index (κ1) is 28.0. The van der Waals surface area contributed by atoms with Gasteiger partial charge in [-0.2, -0.15) is 0 Å². The average molecular weight is 411 g/mol. The summed E-state index contributed by atoms with van der Waals surface area (Å²) in [5.74, 6) is 2.44. The highest BCUT2D eigenvalue weighted by Crippen LogP contribution is 2.32. The maximum absolute atomic E-state index is 6.78. The lowest BCUT2D eigenvalue weighted by atomic mass is 9.86. The minimum atomic E-state index is -1.08. The first-order chi connectivity index (χ1) is 12.0. The Kier molecular flexibility index (Phi) is 12.5. The molecule has 3 atom stereocenters. The van der Waals surface area contributed by atoms with Gasteiger partial charge in [-0.15, -0.1) is 0 Å². The molecule has 0 rings (SSSR count). The van der Waals surface area contributed by atoms with Gasteiger partial charge in [0.05, 0.1) is 0 Å². The number of hydrogen-bond donors (Lipinski definition) is 0. The summed E-state index contributed by atoms with van der Waals surface area (Å²) in [6.07, 6.45) is 3.99. The maximum Gasteiger partial charge on any atom is 0.430 e. The Labute approximate surface area is 184 Å². The largest absolute Gasteiger partial charge is 0.639 e. The molecule has 0 bridgehead atoms. The molecule has 0 saturated heterocycles. The lowest BCUT2D eigenvalue weighted by Gasteiger charge is -2.29. The fourth-order valence-corrected chi connectivity index (χ4v) is 10.9. The molecule has 0 N–H and O–H groups in total. The zero-order chi connectivity index (χ0) is 21.5. The highest BCUT2D eigenvalue weighted by Gasteiger charge is 2.29. The first-order valence-corrected chi connectivity index (χ1v) is 15.3. The molecule has 0 saturated carbocycles. The molecule has 27 heavy (non-hydrogen) atoms. The van der Waals surface area contributed by atoms with Crippen molar-refractivity contribution in [3.63, 3.8) is 0 Å². The van der Waals surface area contributed by atoms with Gasteiger partial charge in [-0.3, -0.25) is 0 Å². The Balaban J connectivity index is 4.67. The van der Waals surface area contributed by atoms with Gasteiger partial charge < -0.3 is 2.84 Å². The van der Waals surface area contributed by atoms with Crippen LogP contribution in [0.1, 0.15) is 102 Å². The Morgan fingerprint density at radius 1 is 0.630 bits per heavy atom. The molecule has 0 aliphatic rings. The van der Waals surface area contributed by atoms with Gasteiger partial charge in [0.25, 0.3) is 0 Å². The first-order valence-electron chi connectivity index (χ1n) is 11.6. The molecule has 0 aromatic carbocycles. The summed E-state index contributed by atoms with van der Waals surface area (Å²) >= 11 is -1.44. The Hall–Kier alpha value is 1.02. The second-order valence-corrected chi connectivity index (χ2v) is 17.9. The summed E-state index contributed by atoms with van der Waals surface area (Å²) in [4.78, 5) is 0. The van der Waals surface area contributed by atoms with Crippen molar-refractivity contribution in [2.75, 3.05) is 0 Å². The smallest absolute Gasteiger partial charge is 0.430 e. The van der Waals surface area contributed by atoms with Crippen molar-refractivity contribution in [2.45, 2.75) is 118 Å². The lowest BCUT2D eigenvalue weighted by molar-refractivity contribution is 0.307. The van der Waals surface area contributed by atoms with Crippen molar-refractivity contribution < 1.29 is 2.84 Å². The standard InChI is InChI=1S/3C8H17.2Al.O.H/c3*1-7(2)6-8(3,4)5;;;;/h3*7H,1,6H2,2-5H3;;;;. The zero-order valence-corrected chi connectivity index (χ0v) is 23.7. The van der Waals surface area contributed by atoms with E-state index >= 15 is 0 Å². The predicted molar refractivity (Wildman–Crippen MR) is 128 cm³/mol. The molecule has 0 amide bonds. The van der Waals surface area contributed by atoms with Crippen LogP contribution >= 0.6 is 0 Å². The highest BCUT2D eigenvalue weighted by atomic mass is 27.3. The van der Waals surface area contributed by atoms with Crippen LogP contribution in [0.5, 0.6) is 0 Å². The quantitative estimate of drug-likeness (QED) is 0.314. The van der Waals surface area contributed by atoms with Crippen LogP contribution in [0.25, 0.3) is 0 Å². The van der Waals surface area contributed by atoms with Crippen LogP contribution in [-0.4, -0.2) is 30.0 Å². The Morgan fingerprint density at radius 2 is 0.963 bits per heavy atom. The zero-order valence-electron chi connectivity index (χ0n) is 21.2. The van der Waals surface area contributed by atoms with Crippen LogP contribution in [0, 0.1) is 34.0 Å². The monoisotopic (exact) mass is 410 g/mol. The van der Waals surface area contributed by atoms with E-state index < -0.39 is 14.5 Å². The van der Waals surface area contributed by atoms with Crippen molar-refractivity contribution in [3.05, 3.63) is 0 Å². The highest BCUT2D eigenvalue weighted by molar-refractivity contribution is 6.58. The number of rotatable bonds is 11. The summed E-state index contributed by atoms with van der Waals surface area (Å²) in [6, 6.07) is 0. The lowest BCUT2D eigenvalue weighted by Crippen LogP contribution is -2.28. The Bertz CT molecular complexity index is 363. The fraction of sp³-hybridized carbons (Fsp3) is 1.00. The maximum atomic E-state index is 6.78. The van der Waals surface area contributed by atoms with E-state index in [9.17, 15) is 0 Å². The molecule has 0 aromatic heterocycles. The van der Waals surface area contributed by atoms with E-state index in [-0.39, 0.29) is 15.6 Å². The molecule has 0 aromatic rings. The van der Waals surface area contributed by atoms with E-state index in [1.165, 1.54) is 35.1 Å². The summed E-state index contributed by atoms with van der Waals surface area (Å²) in [6.45, 7) is 28.8. The van der Waals surface area contributed by atoms with Crippen molar-refractivity contribution in [2.24, 2.45) is 34.0 Å². The molecule has 3 heteroatoms. The number of hydrogen-bond acceptors (Lipinski definition) is 1. The minimum Gasteiger partial charge on any atom is -0.639 e. The Morgan fingerprint density at radius 3 is 1.30 bits per heavy atom. The molecule has 160 valence electrons. The molecule has 0 aliphatic carbocycles. The topological polar surface area (TPSA) is 9.23 Å². The van der Waals surface area contributed by atoms with E-state index in [0.29, 0.717) is 16.2 Å². The normalized spacial score (nSPS) is 16.7. The van der Waals surface area contributed by atoms with Gasteiger partial charge in [0.1, 0.15) is 0 Å². The third kappa shape index (κ3) is 18.8. The van der Waals surface area contributed by atoms with Gasteiger partial charge in [-0.05, 0) is 35.5 Å². The van der Waals surface area contributed by atoms with E-state index in [2.05, 4.69) is 83.1 Å². The minimum absolute atomic E-state index is 0.360. The van der Waals surface area contributed by atoms with Crippen LogP contribution in [0.15, 0.2) is 0 Å². The van der Waals surface area contributed by atoms with Crippen LogP contribution in [0.3, 0.4) is 0 Å². The van der Waals surface area contributed by atoms with E-state index in [1.54, 1.807) is 0 Å². The van der Waals surface area contributed by atoms with Gasteiger partial charge in [0, 0.05) is 0 Å². The second-order valence-electron chi connectivity index (χ2n) is 13.4. The van der Waals surface area contributed by atoms with Crippen molar-refractivity contribution in [3.8, 4) is 0 Å². The second kappa shape index (κ2) is 12.0. The molecular weight excluding hydrogens is 358 g/mol. The van der Waals surface area contributed by atoms with Crippen LogP contribution in [-0.2, 0) is 2.84 Å². The molecule has 0 radical (unpaired) electrons. The SMILES string of the molecule is CC([CH2][AlH][O][Al]([CH2]C(C)CC(C)(C)C)[CH2]C(C)CC(C)(C)C)CC(C)(C)C. The van der Waals surface area contributed by atoms with Crippen molar-refractivity contribution >= 4 is 30.0 Å². The van der Waals surface area contributed by atoms with E-state index in [4.69, 9.17) is 2.84 Å². The molecule has 3 unspecified atom stereocenters. The van der Waals surface area contributed by atoms with Gasteiger partial charge in [-0.1, -0.05) is 117 Å². The van der Waals surface area contributed by atoms with Gasteiger partial charge in [-0.25, -0.2) is 0 Å². The predicted octanol–water partition coefficient (Wildman–Crippen LogP) is 7.98. The molecule has 1 nitrogen and oxygen atoms in total. The molecule has 0 spiro atoms. The van der Waals surface area contributed by atoms with E-state index in [1.807, 2.05) is 0 Å². The molecule has 0 aliphatic heterocycles. The van der Waals surface area contributed by atoms with Crippen molar-refractivity contribution in [1.29, 1.82) is 0 Å². The summed E-state index contributed by atoms with van der Waals surface area (Å²) in [5, 5.41) is 4.13. The van der Waals surface area contributed by atoms with Gasteiger partial charge in [0.15, 0.2) is 0 Å². The van der Waals surface area contributed by atoms with Crippen LogP contribution in [0.4, 0.5) is 0 Å². The summed E-state index contributed by atoms with van der Waals surface area (Å²) in [5.41, 5.74) is 1.33.